The first kappa shape index (κ1) is 23.2. The maximum Gasteiger partial charge on any atom is 0.239 e. The molecule has 3 amide bonds. The Bertz CT molecular complexity index is 716. The van der Waals surface area contributed by atoms with E-state index in [2.05, 4.69) is 15.6 Å². The van der Waals surface area contributed by atoms with Crippen molar-refractivity contribution in [1.82, 2.24) is 15.2 Å². The van der Waals surface area contributed by atoms with Crippen LogP contribution in [-0.2, 0) is 19.1 Å². The lowest BCUT2D eigenvalue weighted by atomic mass is 9.95. The molecule has 2 fully saturated rings. The summed E-state index contributed by atoms with van der Waals surface area (Å²) >= 11 is 0. The van der Waals surface area contributed by atoms with E-state index in [1.807, 2.05) is 0 Å². The Labute approximate surface area is 184 Å². The molecule has 1 saturated heterocycles. The first-order valence-electron chi connectivity index (χ1n) is 11.5. The Morgan fingerprint density at radius 1 is 1.03 bits per heavy atom. The Balaban J connectivity index is 1.45. The Kier molecular flexibility index (Phi) is 9.27. The minimum atomic E-state index is -0.174. The number of ether oxygens (including phenoxy) is 1. The van der Waals surface area contributed by atoms with Crippen molar-refractivity contribution >= 4 is 23.5 Å². The molecule has 8 heteroatoms. The number of amides is 3. The fourth-order valence-corrected chi connectivity index (χ4v) is 4.18. The van der Waals surface area contributed by atoms with Crippen molar-refractivity contribution in [3.05, 3.63) is 24.4 Å². The summed E-state index contributed by atoms with van der Waals surface area (Å²) in [5.41, 5.74) is 0. The van der Waals surface area contributed by atoms with Gasteiger partial charge < -0.3 is 20.3 Å². The molecule has 3 rings (SSSR count). The molecule has 0 spiro atoms. The van der Waals surface area contributed by atoms with Gasteiger partial charge in [-0.2, -0.15) is 0 Å². The molecule has 31 heavy (non-hydrogen) atoms. The number of anilines is 1. The molecular weight excluding hydrogens is 396 g/mol. The minimum absolute atomic E-state index is 0.0149. The number of aromatic nitrogens is 1. The second kappa shape index (κ2) is 12.4. The van der Waals surface area contributed by atoms with E-state index in [-0.39, 0.29) is 49.3 Å². The second-order valence-corrected chi connectivity index (χ2v) is 8.43. The van der Waals surface area contributed by atoms with E-state index >= 15 is 0 Å². The molecule has 1 atom stereocenters. The van der Waals surface area contributed by atoms with Crippen molar-refractivity contribution < 1.29 is 19.1 Å². The summed E-state index contributed by atoms with van der Waals surface area (Å²) in [7, 11) is 0. The molecule has 0 unspecified atom stereocenters. The molecule has 8 nitrogen and oxygen atoms in total. The summed E-state index contributed by atoms with van der Waals surface area (Å²) in [6.07, 6.45) is 9.88. The third-order valence-electron chi connectivity index (χ3n) is 5.83. The molecule has 0 aromatic carbocycles. The SMILES string of the molecule is O=C(CCCC(=O)N(CC(=O)NC1CCCCC1)C[C@H]1CCCO1)Nc1ccccn1. The highest BCUT2D eigenvalue weighted by molar-refractivity contribution is 5.90. The van der Waals surface area contributed by atoms with E-state index in [1.165, 1.54) is 6.42 Å². The number of nitrogens with one attached hydrogen (secondary N) is 2. The highest BCUT2D eigenvalue weighted by Crippen LogP contribution is 2.18. The lowest BCUT2D eigenvalue weighted by Gasteiger charge is -2.27. The van der Waals surface area contributed by atoms with Gasteiger partial charge in [0.15, 0.2) is 0 Å². The van der Waals surface area contributed by atoms with E-state index in [9.17, 15) is 14.4 Å². The zero-order valence-electron chi connectivity index (χ0n) is 18.2. The van der Waals surface area contributed by atoms with Gasteiger partial charge in [-0.3, -0.25) is 14.4 Å². The van der Waals surface area contributed by atoms with Gasteiger partial charge in [-0.15, -0.1) is 0 Å². The largest absolute Gasteiger partial charge is 0.376 e. The van der Waals surface area contributed by atoms with Gasteiger partial charge in [0.05, 0.1) is 12.6 Å². The number of carbonyl (C=O) groups excluding carboxylic acids is 3. The highest BCUT2D eigenvalue weighted by atomic mass is 16.5. The van der Waals surface area contributed by atoms with Crippen LogP contribution in [0.25, 0.3) is 0 Å². The number of pyridine rings is 1. The Morgan fingerprint density at radius 3 is 2.58 bits per heavy atom. The van der Waals surface area contributed by atoms with Gasteiger partial charge in [0.2, 0.25) is 17.7 Å². The maximum atomic E-state index is 12.8. The summed E-state index contributed by atoms with van der Waals surface area (Å²) < 4.78 is 5.68. The summed E-state index contributed by atoms with van der Waals surface area (Å²) in [5.74, 6) is 0.108. The van der Waals surface area contributed by atoms with E-state index in [0.717, 1.165) is 38.5 Å². The maximum absolute atomic E-state index is 12.8. The van der Waals surface area contributed by atoms with E-state index in [1.54, 1.807) is 29.3 Å². The standard InChI is InChI=1S/C23H34N4O4/c28-21(26-20-11-4-5-14-24-20)12-6-13-23(30)27(16-19-10-7-15-31-19)17-22(29)25-18-8-2-1-3-9-18/h4-5,11,14,18-19H,1-3,6-10,12-13,15-17H2,(H,25,29)(H,24,26,28)/t19-/m1/s1. The van der Waals surface area contributed by atoms with Crippen molar-refractivity contribution in [3.63, 3.8) is 0 Å². The van der Waals surface area contributed by atoms with Crippen LogP contribution in [0.15, 0.2) is 24.4 Å². The molecule has 2 heterocycles. The summed E-state index contributed by atoms with van der Waals surface area (Å²) in [5, 5.41) is 5.81. The van der Waals surface area contributed by atoms with Crippen LogP contribution in [0.5, 0.6) is 0 Å². The van der Waals surface area contributed by atoms with Crippen LogP contribution in [0.4, 0.5) is 5.82 Å². The smallest absolute Gasteiger partial charge is 0.239 e. The van der Waals surface area contributed by atoms with Crippen molar-refractivity contribution in [2.24, 2.45) is 0 Å². The fourth-order valence-electron chi connectivity index (χ4n) is 4.18. The number of nitrogens with zero attached hydrogens (tertiary/aromatic N) is 2. The summed E-state index contributed by atoms with van der Waals surface area (Å²) in [4.78, 5) is 43.2. The van der Waals surface area contributed by atoms with Crippen molar-refractivity contribution in [1.29, 1.82) is 0 Å². The molecule has 0 bridgehead atoms. The van der Waals surface area contributed by atoms with Crippen molar-refractivity contribution in [2.75, 3.05) is 25.0 Å². The Morgan fingerprint density at radius 2 is 1.87 bits per heavy atom. The van der Waals surface area contributed by atoms with Gasteiger partial charge >= 0.3 is 0 Å². The van der Waals surface area contributed by atoms with E-state index < -0.39 is 0 Å². The van der Waals surface area contributed by atoms with Gasteiger partial charge in [-0.25, -0.2) is 4.98 Å². The van der Waals surface area contributed by atoms with Crippen molar-refractivity contribution in [3.8, 4) is 0 Å². The van der Waals surface area contributed by atoms with Gasteiger partial charge in [-0.1, -0.05) is 25.3 Å². The van der Waals surface area contributed by atoms with Crippen LogP contribution in [0, 0.1) is 0 Å². The Hall–Kier alpha value is -2.48. The number of carbonyl (C=O) groups is 3. The zero-order chi connectivity index (χ0) is 21.9. The molecule has 1 saturated carbocycles. The molecular formula is C23H34N4O4. The number of rotatable bonds is 10. The first-order chi connectivity index (χ1) is 15.1. The van der Waals surface area contributed by atoms with Crippen LogP contribution in [0.1, 0.15) is 64.2 Å². The third kappa shape index (κ3) is 8.28. The normalized spacial score (nSPS) is 19.0. The molecule has 1 aliphatic carbocycles. The van der Waals surface area contributed by atoms with E-state index in [4.69, 9.17) is 4.74 Å². The fraction of sp³-hybridized carbons (Fsp3) is 0.652. The highest BCUT2D eigenvalue weighted by Gasteiger charge is 2.25. The first-order valence-corrected chi connectivity index (χ1v) is 11.5. The van der Waals surface area contributed by atoms with Crippen LogP contribution >= 0.6 is 0 Å². The second-order valence-electron chi connectivity index (χ2n) is 8.43. The zero-order valence-corrected chi connectivity index (χ0v) is 18.2. The van der Waals surface area contributed by atoms with Gasteiger partial charge in [-0.05, 0) is 44.2 Å². The molecule has 2 aliphatic rings. The van der Waals surface area contributed by atoms with Crippen molar-refractivity contribution in [2.45, 2.75) is 76.4 Å². The molecule has 1 aliphatic heterocycles. The summed E-state index contributed by atoms with van der Waals surface area (Å²) in [6, 6.07) is 5.52. The van der Waals surface area contributed by atoms with Crippen LogP contribution in [-0.4, -0.2) is 59.4 Å². The molecule has 0 radical (unpaired) electrons. The number of hydrogen-bond acceptors (Lipinski definition) is 5. The predicted molar refractivity (Wildman–Crippen MR) is 117 cm³/mol. The minimum Gasteiger partial charge on any atom is -0.376 e. The van der Waals surface area contributed by atoms with Crippen LogP contribution < -0.4 is 10.6 Å². The predicted octanol–water partition coefficient (Wildman–Crippen LogP) is 2.65. The third-order valence-corrected chi connectivity index (χ3v) is 5.83. The average molecular weight is 431 g/mol. The molecule has 1 aromatic heterocycles. The average Bonchev–Trinajstić information content (AvgIpc) is 3.28. The quantitative estimate of drug-likeness (QED) is 0.594. The lowest BCUT2D eigenvalue weighted by molar-refractivity contribution is -0.138. The van der Waals surface area contributed by atoms with Gasteiger partial charge in [0.1, 0.15) is 5.82 Å². The topological polar surface area (TPSA) is 101 Å². The van der Waals surface area contributed by atoms with Gasteiger partial charge in [0, 0.05) is 38.2 Å². The van der Waals surface area contributed by atoms with Crippen LogP contribution in [0.3, 0.4) is 0 Å². The monoisotopic (exact) mass is 430 g/mol. The molecule has 1 aromatic rings. The lowest BCUT2D eigenvalue weighted by Crippen LogP contribution is -2.46. The molecule has 170 valence electrons. The molecule has 2 N–H and O–H groups in total. The van der Waals surface area contributed by atoms with E-state index in [0.29, 0.717) is 25.4 Å². The van der Waals surface area contributed by atoms with Gasteiger partial charge in [0.25, 0.3) is 0 Å². The summed E-state index contributed by atoms with van der Waals surface area (Å²) in [6.45, 7) is 1.18. The number of hydrogen-bond donors (Lipinski definition) is 2. The van der Waals surface area contributed by atoms with Crippen LogP contribution in [0.2, 0.25) is 0 Å².